The van der Waals surface area contributed by atoms with E-state index < -0.39 is 30.2 Å². The van der Waals surface area contributed by atoms with Gasteiger partial charge in [0.25, 0.3) is 0 Å². The first-order valence-electron chi connectivity index (χ1n) is 17.2. The van der Waals surface area contributed by atoms with Crippen LogP contribution in [0.15, 0.2) is 140 Å². The van der Waals surface area contributed by atoms with Gasteiger partial charge in [0.1, 0.15) is 24.4 Å². The second-order valence-electron chi connectivity index (χ2n) is 12.7. The molecule has 0 N–H and O–H groups in total. The largest absolute Gasteiger partial charge is 0.374 e. The standard InChI is InChI=1S/C43H44O6/c1-2-32-23-24-37-30-48-43(38(37)25-32)42(47-29-36-21-13-6-14-22-36)41(46-28-35-19-11-5-12-20-35)40(45-27-34-17-9-4-10-18-34)39(49-43)31-44-26-33-15-7-3-8-16-33/h3-25,39-42H,2,26-31H2,1H3/t39-,40-,41+,42-,43+/m1/s1. The van der Waals surface area contributed by atoms with E-state index in [-0.39, 0.29) is 6.61 Å². The maximum atomic E-state index is 7.21. The summed E-state index contributed by atoms with van der Waals surface area (Å²) >= 11 is 0. The second kappa shape index (κ2) is 16.0. The lowest BCUT2D eigenvalue weighted by molar-refractivity contribution is -0.387. The van der Waals surface area contributed by atoms with Crippen molar-refractivity contribution in [2.45, 2.75) is 76.6 Å². The molecule has 0 aromatic heterocycles. The molecule has 252 valence electrons. The van der Waals surface area contributed by atoms with Gasteiger partial charge in [-0.05, 0) is 45.9 Å². The zero-order valence-corrected chi connectivity index (χ0v) is 28.0. The molecule has 2 heterocycles. The van der Waals surface area contributed by atoms with Crippen LogP contribution in [0.4, 0.5) is 0 Å². The molecule has 6 heteroatoms. The molecular formula is C43H44O6. The molecule has 6 nitrogen and oxygen atoms in total. The Kier molecular flexibility index (Phi) is 10.9. The van der Waals surface area contributed by atoms with E-state index in [1.54, 1.807) is 0 Å². The molecule has 49 heavy (non-hydrogen) atoms. The van der Waals surface area contributed by atoms with Crippen LogP contribution in [0.1, 0.15) is 45.9 Å². The van der Waals surface area contributed by atoms with E-state index in [4.69, 9.17) is 28.4 Å². The second-order valence-corrected chi connectivity index (χ2v) is 12.7. The quantitative estimate of drug-likeness (QED) is 0.120. The van der Waals surface area contributed by atoms with E-state index in [1.165, 1.54) is 5.56 Å². The molecule has 0 radical (unpaired) electrons. The van der Waals surface area contributed by atoms with E-state index in [9.17, 15) is 0 Å². The Morgan fingerprint density at radius 1 is 0.571 bits per heavy atom. The van der Waals surface area contributed by atoms with Gasteiger partial charge in [-0.3, -0.25) is 0 Å². The van der Waals surface area contributed by atoms with Crippen LogP contribution < -0.4 is 0 Å². The van der Waals surface area contributed by atoms with Crippen molar-refractivity contribution in [3.8, 4) is 0 Å². The first-order chi connectivity index (χ1) is 24.2. The Labute approximate surface area is 289 Å². The molecule has 0 amide bonds. The molecule has 7 rings (SSSR count). The maximum absolute atomic E-state index is 7.21. The van der Waals surface area contributed by atoms with Crippen LogP contribution in [0.5, 0.6) is 0 Å². The van der Waals surface area contributed by atoms with Crippen molar-refractivity contribution >= 4 is 0 Å². The molecule has 1 fully saturated rings. The Morgan fingerprint density at radius 2 is 1.08 bits per heavy atom. The van der Waals surface area contributed by atoms with Gasteiger partial charge in [0, 0.05) is 5.56 Å². The Balaban J connectivity index is 1.28. The number of hydrogen-bond donors (Lipinski definition) is 0. The molecule has 0 saturated carbocycles. The molecule has 0 bridgehead atoms. The highest BCUT2D eigenvalue weighted by Crippen LogP contribution is 2.49. The van der Waals surface area contributed by atoms with Crippen LogP contribution in [0, 0.1) is 0 Å². The van der Waals surface area contributed by atoms with Gasteiger partial charge in [0.05, 0.1) is 39.6 Å². The number of benzene rings is 5. The fourth-order valence-corrected chi connectivity index (χ4v) is 6.73. The normalized spacial score (nSPS) is 23.0. The van der Waals surface area contributed by atoms with Gasteiger partial charge in [0.15, 0.2) is 0 Å². The smallest absolute Gasteiger partial charge is 0.225 e. The van der Waals surface area contributed by atoms with Gasteiger partial charge < -0.3 is 28.4 Å². The number of fused-ring (bicyclic) bond motifs is 2. The van der Waals surface area contributed by atoms with Crippen molar-refractivity contribution in [2.24, 2.45) is 0 Å². The van der Waals surface area contributed by atoms with Crippen molar-refractivity contribution < 1.29 is 28.4 Å². The minimum Gasteiger partial charge on any atom is -0.374 e. The number of aryl methyl sites for hydroxylation is 1. The average Bonchev–Trinajstić information content (AvgIpc) is 3.52. The van der Waals surface area contributed by atoms with E-state index >= 15 is 0 Å². The SMILES string of the molecule is CCc1ccc2c(c1)[C@]1(OC2)O[C@H](COCc2ccccc2)[C@@H](OCc2ccccc2)[C@H](OCc2ccccc2)[C@H]1OCc1ccccc1. The maximum Gasteiger partial charge on any atom is 0.225 e. The highest BCUT2D eigenvalue weighted by atomic mass is 16.7. The van der Waals surface area contributed by atoms with Gasteiger partial charge in [-0.2, -0.15) is 0 Å². The van der Waals surface area contributed by atoms with Crippen molar-refractivity contribution in [1.82, 2.24) is 0 Å². The Hall–Kier alpha value is -4.14. The van der Waals surface area contributed by atoms with Crippen LogP contribution in [-0.2, 0) is 73.7 Å². The summed E-state index contributed by atoms with van der Waals surface area (Å²) in [6.45, 7) is 4.40. The van der Waals surface area contributed by atoms with E-state index in [0.29, 0.717) is 33.0 Å². The fraction of sp³-hybridized carbons (Fsp3) is 0.302. The van der Waals surface area contributed by atoms with Crippen molar-refractivity contribution in [3.05, 3.63) is 178 Å². The Morgan fingerprint density at radius 3 is 1.63 bits per heavy atom. The third kappa shape index (κ3) is 7.86. The molecule has 1 saturated heterocycles. The predicted octanol–water partition coefficient (Wildman–Crippen LogP) is 8.30. The lowest BCUT2D eigenvalue weighted by Crippen LogP contribution is -2.65. The molecule has 5 atom stereocenters. The van der Waals surface area contributed by atoms with Crippen LogP contribution >= 0.6 is 0 Å². The minimum absolute atomic E-state index is 0.277. The Bertz CT molecular complexity index is 1730. The van der Waals surface area contributed by atoms with Gasteiger partial charge in [-0.1, -0.05) is 140 Å². The summed E-state index contributed by atoms with van der Waals surface area (Å²) in [5, 5.41) is 0. The molecule has 0 unspecified atom stereocenters. The third-order valence-electron chi connectivity index (χ3n) is 9.33. The average molecular weight is 657 g/mol. The highest BCUT2D eigenvalue weighted by molar-refractivity contribution is 5.39. The summed E-state index contributed by atoms with van der Waals surface area (Å²) in [6, 6.07) is 47.3. The lowest BCUT2D eigenvalue weighted by Gasteiger charge is -2.51. The summed E-state index contributed by atoms with van der Waals surface area (Å²) in [6.07, 6.45) is -1.40. The van der Waals surface area contributed by atoms with Gasteiger partial charge in [-0.25, -0.2) is 0 Å². The zero-order valence-electron chi connectivity index (χ0n) is 28.0. The molecule has 2 aliphatic rings. The van der Waals surface area contributed by atoms with Crippen LogP contribution in [0.2, 0.25) is 0 Å². The summed E-state index contributed by atoms with van der Waals surface area (Å²) < 4.78 is 41.1. The van der Waals surface area contributed by atoms with Gasteiger partial charge >= 0.3 is 0 Å². The van der Waals surface area contributed by atoms with E-state index in [2.05, 4.69) is 73.7 Å². The number of hydrogen-bond acceptors (Lipinski definition) is 6. The molecule has 0 aliphatic carbocycles. The van der Waals surface area contributed by atoms with Crippen molar-refractivity contribution in [1.29, 1.82) is 0 Å². The van der Waals surface area contributed by atoms with Crippen LogP contribution in [0.3, 0.4) is 0 Å². The summed E-state index contributed by atoms with van der Waals surface area (Å²) in [7, 11) is 0. The first-order valence-corrected chi connectivity index (χ1v) is 17.2. The van der Waals surface area contributed by atoms with E-state index in [1.807, 2.05) is 72.8 Å². The molecule has 2 aliphatic heterocycles. The molecule has 5 aromatic rings. The van der Waals surface area contributed by atoms with Gasteiger partial charge in [0.2, 0.25) is 5.79 Å². The number of ether oxygens (including phenoxy) is 6. The summed E-state index contributed by atoms with van der Waals surface area (Å²) in [5.74, 6) is -1.23. The highest BCUT2D eigenvalue weighted by Gasteiger charge is 2.61. The molecular weight excluding hydrogens is 612 g/mol. The van der Waals surface area contributed by atoms with Gasteiger partial charge in [-0.15, -0.1) is 0 Å². The van der Waals surface area contributed by atoms with Crippen LogP contribution in [-0.4, -0.2) is 31.0 Å². The summed E-state index contributed by atoms with van der Waals surface area (Å²) in [4.78, 5) is 0. The van der Waals surface area contributed by atoms with Crippen molar-refractivity contribution in [2.75, 3.05) is 6.61 Å². The first kappa shape index (κ1) is 33.4. The summed E-state index contributed by atoms with van der Waals surface area (Å²) in [5.41, 5.74) is 7.53. The van der Waals surface area contributed by atoms with Crippen molar-refractivity contribution in [3.63, 3.8) is 0 Å². The lowest BCUT2D eigenvalue weighted by atomic mass is 9.86. The zero-order chi connectivity index (χ0) is 33.3. The molecule has 1 spiro atoms. The van der Waals surface area contributed by atoms with Crippen LogP contribution in [0.25, 0.3) is 0 Å². The molecule has 5 aromatic carbocycles. The predicted molar refractivity (Wildman–Crippen MR) is 188 cm³/mol. The number of rotatable bonds is 14. The minimum atomic E-state index is -1.23. The topological polar surface area (TPSA) is 55.4 Å². The third-order valence-corrected chi connectivity index (χ3v) is 9.33. The van der Waals surface area contributed by atoms with E-state index in [0.717, 1.165) is 39.8 Å². The fourth-order valence-electron chi connectivity index (χ4n) is 6.73. The monoisotopic (exact) mass is 656 g/mol.